The number of nitrogens with two attached hydrogens (primary N) is 1. The summed E-state index contributed by atoms with van der Waals surface area (Å²) in [5, 5.41) is 0. The van der Waals surface area contributed by atoms with Gasteiger partial charge in [0.2, 0.25) is 0 Å². The third kappa shape index (κ3) is 4.65. The van der Waals surface area contributed by atoms with Crippen LogP contribution in [0.25, 0.3) is 0 Å². The molecule has 1 fully saturated rings. The van der Waals surface area contributed by atoms with Gasteiger partial charge in [-0.2, -0.15) is 0 Å². The van der Waals surface area contributed by atoms with Crippen LogP contribution in [0.1, 0.15) is 47.2 Å². The molecule has 28 heavy (non-hydrogen) atoms. The monoisotopic (exact) mass is 382 g/mol. The molecule has 0 saturated carbocycles. The van der Waals surface area contributed by atoms with Crippen molar-refractivity contribution in [3.8, 4) is 11.5 Å². The Labute approximate surface area is 167 Å². The number of methoxy groups -OCH3 is 2. The minimum Gasteiger partial charge on any atom is -0.493 e. The number of likely N-dealkylation sites (tertiary alicyclic amines) is 1. The molecule has 1 heterocycles. The Kier molecular flexibility index (Phi) is 6.93. The standard InChI is InChI=1S/C23H30N2O3/c1-27-21-13-9-17(15-22(21)28-2)8-12-20-5-3-4-14-25(20)23(26)19-10-6-18(16-24)7-11-19/h6-7,9-11,13,15,20H,3-5,8,12,14,16,24H2,1-2H3/t20-/m1/s1. The number of hydrogen-bond acceptors (Lipinski definition) is 4. The first kappa shape index (κ1) is 20.2. The van der Waals surface area contributed by atoms with Gasteiger partial charge in [0.15, 0.2) is 11.5 Å². The summed E-state index contributed by atoms with van der Waals surface area (Å²) >= 11 is 0. The van der Waals surface area contributed by atoms with E-state index in [1.807, 2.05) is 36.4 Å². The minimum atomic E-state index is 0.126. The van der Waals surface area contributed by atoms with E-state index in [1.165, 1.54) is 12.0 Å². The predicted octanol–water partition coefficient (Wildman–Crippen LogP) is 3.79. The number of carbonyl (C=O) groups excluding carboxylic acids is 1. The summed E-state index contributed by atoms with van der Waals surface area (Å²) in [6, 6.07) is 14.0. The summed E-state index contributed by atoms with van der Waals surface area (Å²) in [6.07, 6.45) is 5.15. The van der Waals surface area contributed by atoms with Crippen LogP contribution in [0.5, 0.6) is 11.5 Å². The van der Waals surface area contributed by atoms with Crippen LogP contribution < -0.4 is 15.2 Å². The van der Waals surface area contributed by atoms with Crippen LogP contribution >= 0.6 is 0 Å². The smallest absolute Gasteiger partial charge is 0.254 e. The summed E-state index contributed by atoms with van der Waals surface area (Å²) in [4.78, 5) is 15.1. The van der Waals surface area contributed by atoms with Crippen molar-refractivity contribution in [3.05, 3.63) is 59.2 Å². The fourth-order valence-corrected chi connectivity index (χ4v) is 3.89. The van der Waals surface area contributed by atoms with E-state index in [2.05, 4.69) is 11.0 Å². The zero-order valence-corrected chi connectivity index (χ0v) is 16.8. The minimum absolute atomic E-state index is 0.126. The summed E-state index contributed by atoms with van der Waals surface area (Å²) in [7, 11) is 3.29. The quantitative estimate of drug-likeness (QED) is 0.791. The molecule has 3 rings (SSSR count). The molecule has 5 nitrogen and oxygen atoms in total. The van der Waals surface area contributed by atoms with Gasteiger partial charge >= 0.3 is 0 Å². The highest BCUT2D eigenvalue weighted by atomic mass is 16.5. The van der Waals surface area contributed by atoms with Gasteiger partial charge in [0.05, 0.1) is 14.2 Å². The number of piperidine rings is 1. The van der Waals surface area contributed by atoms with Gasteiger partial charge in [0.1, 0.15) is 0 Å². The molecule has 1 amide bonds. The Balaban J connectivity index is 1.68. The Bertz CT molecular complexity index is 789. The number of hydrogen-bond donors (Lipinski definition) is 1. The molecular formula is C23H30N2O3. The van der Waals surface area contributed by atoms with Crippen molar-refractivity contribution in [2.24, 2.45) is 5.73 Å². The van der Waals surface area contributed by atoms with Gasteiger partial charge in [0, 0.05) is 24.7 Å². The van der Waals surface area contributed by atoms with Crippen molar-refractivity contribution in [1.29, 1.82) is 0 Å². The molecule has 1 aliphatic heterocycles. The van der Waals surface area contributed by atoms with E-state index in [4.69, 9.17) is 15.2 Å². The molecular weight excluding hydrogens is 352 g/mol. The zero-order valence-electron chi connectivity index (χ0n) is 16.8. The largest absolute Gasteiger partial charge is 0.493 e. The van der Waals surface area contributed by atoms with Crippen LogP contribution in [0, 0.1) is 0 Å². The van der Waals surface area contributed by atoms with Gasteiger partial charge in [-0.05, 0) is 67.5 Å². The van der Waals surface area contributed by atoms with E-state index in [-0.39, 0.29) is 11.9 Å². The second-order valence-corrected chi connectivity index (χ2v) is 7.28. The average Bonchev–Trinajstić information content (AvgIpc) is 2.77. The van der Waals surface area contributed by atoms with Gasteiger partial charge in [-0.3, -0.25) is 4.79 Å². The maximum absolute atomic E-state index is 13.1. The van der Waals surface area contributed by atoms with Crippen LogP contribution in [-0.4, -0.2) is 37.6 Å². The molecule has 2 aromatic rings. The molecule has 0 unspecified atom stereocenters. The van der Waals surface area contributed by atoms with Gasteiger partial charge in [-0.25, -0.2) is 0 Å². The molecule has 1 aliphatic rings. The first-order valence-corrected chi connectivity index (χ1v) is 9.97. The molecule has 2 aromatic carbocycles. The number of benzene rings is 2. The summed E-state index contributed by atoms with van der Waals surface area (Å²) < 4.78 is 10.7. The molecule has 2 N–H and O–H groups in total. The number of amides is 1. The van der Waals surface area contributed by atoms with E-state index in [0.717, 1.165) is 54.9 Å². The highest BCUT2D eigenvalue weighted by molar-refractivity contribution is 5.94. The summed E-state index contributed by atoms with van der Waals surface area (Å²) in [6.45, 7) is 1.32. The number of ether oxygens (including phenoxy) is 2. The van der Waals surface area contributed by atoms with Gasteiger partial charge in [0.25, 0.3) is 5.91 Å². The topological polar surface area (TPSA) is 64.8 Å². The van der Waals surface area contributed by atoms with Crippen LogP contribution in [-0.2, 0) is 13.0 Å². The lowest BCUT2D eigenvalue weighted by molar-refractivity contribution is 0.0602. The van der Waals surface area contributed by atoms with Crippen LogP contribution in [0.15, 0.2) is 42.5 Å². The van der Waals surface area contributed by atoms with Crippen LogP contribution in [0.3, 0.4) is 0 Å². The van der Waals surface area contributed by atoms with Crippen molar-refractivity contribution >= 4 is 5.91 Å². The summed E-state index contributed by atoms with van der Waals surface area (Å²) in [5.41, 5.74) is 8.65. The molecule has 150 valence electrons. The fraction of sp³-hybridized carbons (Fsp3) is 0.435. The number of rotatable bonds is 7. The molecule has 5 heteroatoms. The number of nitrogens with zero attached hydrogens (tertiary/aromatic N) is 1. The van der Waals surface area contributed by atoms with Gasteiger partial charge < -0.3 is 20.1 Å². The second-order valence-electron chi connectivity index (χ2n) is 7.28. The van der Waals surface area contributed by atoms with E-state index in [1.54, 1.807) is 14.2 Å². The Hall–Kier alpha value is -2.53. The Morgan fingerprint density at radius 2 is 1.75 bits per heavy atom. The van der Waals surface area contributed by atoms with Crippen LogP contribution in [0.4, 0.5) is 0 Å². The van der Waals surface area contributed by atoms with E-state index in [9.17, 15) is 4.79 Å². The lowest BCUT2D eigenvalue weighted by atomic mass is 9.94. The van der Waals surface area contributed by atoms with Crippen molar-refractivity contribution < 1.29 is 14.3 Å². The summed E-state index contributed by atoms with van der Waals surface area (Å²) in [5.74, 6) is 1.61. The lowest BCUT2D eigenvalue weighted by Crippen LogP contribution is -2.44. The Morgan fingerprint density at radius 1 is 1.04 bits per heavy atom. The zero-order chi connectivity index (χ0) is 19.9. The third-order valence-corrected chi connectivity index (χ3v) is 5.54. The third-order valence-electron chi connectivity index (χ3n) is 5.54. The molecule has 0 aromatic heterocycles. The first-order chi connectivity index (χ1) is 13.7. The van der Waals surface area contributed by atoms with Crippen molar-refractivity contribution in [2.45, 2.75) is 44.7 Å². The average molecular weight is 383 g/mol. The molecule has 0 bridgehead atoms. The van der Waals surface area contributed by atoms with Crippen LogP contribution in [0.2, 0.25) is 0 Å². The highest BCUT2D eigenvalue weighted by Gasteiger charge is 2.27. The van der Waals surface area contributed by atoms with E-state index in [0.29, 0.717) is 6.54 Å². The Morgan fingerprint density at radius 3 is 2.43 bits per heavy atom. The van der Waals surface area contributed by atoms with Gasteiger partial charge in [-0.15, -0.1) is 0 Å². The number of carbonyl (C=O) groups is 1. The fourth-order valence-electron chi connectivity index (χ4n) is 3.89. The maximum Gasteiger partial charge on any atom is 0.254 e. The lowest BCUT2D eigenvalue weighted by Gasteiger charge is -2.36. The van der Waals surface area contributed by atoms with E-state index < -0.39 is 0 Å². The predicted molar refractivity (Wildman–Crippen MR) is 111 cm³/mol. The molecule has 0 aliphatic carbocycles. The highest BCUT2D eigenvalue weighted by Crippen LogP contribution is 2.29. The normalized spacial score (nSPS) is 16.7. The van der Waals surface area contributed by atoms with E-state index >= 15 is 0 Å². The van der Waals surface area contributed by atoms with Crippen molar-refractivity contribution in [2.75, 3.05) is 20.8 Å². The molecule has 0 spiro atoms. The molecule has 1 atom stereocenters. The first-order valence-electron chi connectivity index (χ1n) is 9.97. The second kappa shape index (κ2) is 9.60. The van der Waals surface area contributed by atoms with Crippen molar-refractivity contribution in [3.63, 3.8) is 0 Å². The molecule has 0 radical (unpaired) electrons. The number of aryl methyl sites for hydroxylation is 1. The molecule has 1 saturated heterocycles. The SMILES string of the molecule is COc1ccc(CC[C@H]2CCCCN2C(=O)c2ccc(CN)cc2)cc1OC. The maximum atomic E-state index is 13.1. The van der Waals surface area contributed by atoms with Crippen molar-refractivity contribution in [1.82, 2.24) is 4.90 Å². The van der Waals surface area contributed by atoms with Gasteiger partial charge in [-0.1, -0.05) is 18.2 Å².